The summed E-state index contributed by atoms with van der Waals surface area (Å²) in [6.07, 6.45) is 1.85. The standard InChI is InChI=1S/C30H43N3O11S/c1-2-3-4-5-6-7-11-14-23(34)31-25(19-21-12-9-8-10-13-21)44-45(40,41)20-26(36)42-18-16-22-27(37)28(38)29(43-22)33-17-15-24(35)32-30(33)39/h8-10,12-13,15,17,22,25,27-29,37-38H,2-7,11,14,16,18-20H2,1H3,(H,31,34)(H,32,35,39)/t22-,25?,27-,28-,29-/m1/s1. The summed E-state index contributed by atoms with van der Waals surface area (Å²) in [6, 6.07) is 9.90. The smallest absolute Gasteiger partial charge is 0.330 e. The molecule has 2 aromatic rings. The number of aliphatic hydroxyl groups excluding tert-OH is 2. The van der Waals surface area contributed by atoms with Crippen molar-refractivity contribution >= 4 is 22.0 Å². The lowest BCUT2D eigenvalue weighted by Gasteiger charge is -2.19. The van der Waals surface area contributed by atoms with E-state index in [0.717, 1.165) is 54.5 Å². The number of carbonyl (C=O) groups is 2. The van der Waals surface area contributed by atoms with Crippen molar-refractivity contribution in [1.29, 1.82) is 0 Å². The van der Waals surface area contributed by atoms with Crippen molar-refractivity contribution in [2.24, 2.45) is 0 Å². The number of aliphatic hydroxyl groups is 2. The number of carbonyl (C=O) groups excluding carboxylic acids is 2. The number of nitrogens with one attached hydrogen (secondary N) is 2. The number of aromatic amines is 1. The lowest BCUT2D eigenvalue weighted by molar-refractivity contribution is -0.142. The van der Waals surface area contributed by atoms with Gasteiger partial charge in [-0.1, -0.05) is 75.8 Å². The molecule has 0 spiro atoms. The molecule has 250 valence electrons. The van der Waals surface area contributed by atoms with Crippen LogP contribution < -0.4 is 16.6 Å². The Hall–Kier alpha value is -3.37. The van der Waals surface area contributed by atoms with Crippen LogP contribution in [-0.2, 0) is 39.8 Å². The number of hydrogen-bond acceptors (Lipinski definition) is 11. The molecule has 2 heterocycles. The van der Waals surface area contributed by atoms with Crippen LogP contribution in [0.5, 0.6) is 0 Å². The number of amides is 1. The lowest BCUT2D eigenvalue weighted by Crippen LogP contribution is -2.41. The van der Waals surface area contributed by atoms with Gasteiger partial charge in [0.15, 0.2) is 18.2 Å². The van der Waals surface area contributed by atoms with Crippen molar-refractivity contribution in [3.8, 4) is 0 Å². The fourth-order valence-electron chi connectivity index (χ4n) is 4.94. The quantitative estimate of drug-likeness (QED) is 0.0736. The molecule has 1 saturated heterocycles. The van der Waals surface area contributed by atoms with Gasteiger partial charge in [0.05, 0.1) is 12.7 Å². The summed E-state index contributed by atoms with van der Waals surface area (Å²) < 4.78 is 42.2. The number of unbranched alkanes of at least 4 members (excludes halogenated alkanes) is 6. The van der Waals surface area contributed by atoms with Crippen LogP contribution in [0.4, 0.5) is 0 Å². The zero-order valence-corrected chi connectivity index (χ0v) is 26.2. The average molecular weight is 654 g/mol. The first-order chi connectivity index (χ1) is 21.5. The van der Waals surface area contributed by atoms with Gasteiger partial charge in [-0.15, -0.1) is 0 Å². The van der Waals surface area contributed by atoms with Gasteiger partial charge in [0, 0.05) is 31.5 Å². The molecule has 1 amide bonds. The van der Waals surface area contributed by atoms with E-state index in [-0.39, 0.29) is 31.8 Å². The maximum absolute atomic E-state index is 12.7. The molecule has 0 saturated carbocycles. The Morgan fingerprint density at radius 1 is 1.02 bits per heavy atom. The number of benzene rings is 1. The summed E-state index contributed by atoms with van der Waals surface area (Å²) in [5.74, 6) is -2.62. The van der Waals surface area contributed by atoms with Gasteiger partial charge in [0.1, 0.15) is 12.2 Å². The van der Waals surface area contributed by atoms with Gasteiger partial charge < -0.3 is 25.0 Å². The third-order valence-corrected chi connectivity index (χ3v) is 8.39. The summed E-state index contributed by atoms with van der Waals surface area (Å²) in [6.45, 7) is 1.77. The van der Waals surface area contributed by atoms with Crippen LogP contribution in [0.2, 0.25) is 0 Å². The third-order valence-electron chi connectivity index (χ3n) is 7.28. The van der Waals surface area contributed by atoms with E-state index >= 15 is 0 Å². The van der Waals surface area contributed by atoms with Crippen LogP contribution in [-0.4, -0.2) is 77.0 Å². The second-order valence-electron chi connectivity index (χ2n) is 11.0. The van der Waals surface area contributed by atoms with E-state index in [1.165, 1.54) is 6.42 Å². The molecule has 1 aliphatic heterocycles. The Bertz CT molecular complexity index is 1440. The van der Waals surface area contributed by atoms with Crippen LogP contribution in [0.15, 0.2) is 52.2 Å². The van der Waals surface area contributed by atoms with Gasteiger partial charge in [-0.2, -0.15) is 8.42 Å². The molecule has 4 N–H and O–H groups in total. The number of esters is 1. The molecule has 0 aliphatic carbocycles. The molecule has 5 atom stereocenters. The van der Waals surface area contributed by atoms with E-state index in [1.54, 1.807) is 30.3 Å². The van der Waals surface area contributed by atoms with Crippen molar-refractivity contribution in [3.05, 3.63) is 69.0 Å². The predicted octanol–water partition coefficient (Wildman–Crippen LogP) is 1.26. The number of hydrogen-bond donors (Lipinski definition) is 4. The first-order valence-corrected chi connectivity index (χ1v) is 16.8. The highest BCUT2D eigenvalue weighted by Crippen LogP contribution is 2.30. The molecule has 1 aromatic heterocycles. The zero-order valence-electron chi connectivity index (χ0n) is 25.3. The van der Waals surface area contributed by atoms with Crippen molar-refractivity contribution in [1.82, 2.24) is 14.9 Å². The highest BCUT2D eigenvalue weighted by Gasteiger charge is 2.44. The normalized spacial score (nSPS) is 20.5. The number of aromatic nitrogens is 2. The second-order valence-corrected chi connectivity index (χ2v) is 12.6. The Balaban J connectivity index is 1.49. The Morgan fingerprint density at radius 2 is 1.71 bits per heavy atom. The number of H-pyrrole nitrogens is 1. The monoisotopic (exact) mass is 653 g/mol. The number of nitrogens with zero attached hydrogens (tertiary/aromatic N) is 1. The van der Waals surface area contributed by atoms with Gasteiger partial charge in [0.2, 0.25) is 5.91 Å². The van der Waals surface area contributed by atoms with E-state index in [1.807, 2.05) is 4.98 Å². The number of ether oxygens (including phenoxy) is 2. The van der Waals surface area contributed by atoms with E-state index in [9.17, 15) is 37.8 Å². The molecule has 15 heteroatoms. The van der Waals surface area contributed by atoms with Crippen LogP contribution in [0.3, 0.4) is 0 Å². The molecular formula is C30H43N3O11S. The van der Waals surface area contributed by atoms with Crippen LogP contribution in [0, 0.1) is 0 Å². The van der Waals surface area contributed by atoms with E-state index in [2.05, 4.69) is 12.2 Å². The maximum Gasteiger partial charge on any atom is 0.330 e. The third kappa shape index (κ3) is 12.2. The predicted molar refractivity (Wildman–Crippen MR) is 162 cm³/mol. The summed E-state index contributed by atoms with van der Waals surface area (Å²) in [7, 11) is -4.48. The molecule has 45 heavy (non-hydrogen) atoms. The summed E-state index contributed by atoms with van der Waals surface area (Å²) in [5.41, 5.74) is -0.782. The van der Waals surface area contributed by atoms with Gasteiger partial charge in [-0.25, -0.2) is 8.98 Å². The summed E-state index contributed by atoms with van der Waals surface area (Å²) in [5, 5.41) is 23.3. The minimum Gasteiger partial charge on any atom is -0.465 e. The molecule has 1 unspecified atom stereocenters. The second kappa shape index (κ2) is 17.9. The van der Waals surface area contributed by atoms with Crippen molar-refractivity contribution in [2.75, 3.05) is 12.4 Å². The zero-order chi connectivity index (χ0) is 32.8. The first kappa shape index (κ1) is 36.1. The van der Waals surface area contributed by atoms with Crippen molar-refractivity contribution in [3.63, 3.8) is 0 Å². The van der Waals surface area contributed by atoms with Gasteiger partial charge in [-0.3, -0.25) is 23.9 Å². The van der Waals surface area contributed by atoms with Crippen LogP contribution in [0.1, 0.15) is 76.5 Å². The molecular weight excluding hydrogens is 610 g/mol. The van der Waals surface area contributed by atoms with Gasteiger partial charge in [-0.05, 0) is 12.0 Å². The Kier molecular flexibility index (Phi) is 14.4. The average Bonchev–Trinajstić information content (AvgIpc) is 3.25. The highest BCUT2D eigenvalue weighted by molar-refractivity contribution is 7.87. The number of rotatable bonds is 19. The van der Waals surface area contributed by atoms with E-state index < -0.39 is 63.9 Å². The molecule has 1 fully saturated rings. The summed E-state index contributed by atoms with van der Waals surface area (Å²) in [4.78, 5) is 50.3. The lowest BCUT2D eigenvalue weighted by atomic mass is 10.1. The van der Waals surface area contributed by atoms with Gasteiger partial charge in [0.25, 0.3) is 15.7 Å². The van der Waals surface area contributed by atoms with Gasteiger partial charge >= 0.3 is 11.7 Å². The molecule has 3 rings (SSSR count). The molecule has 1 aromatic carbocycles. The van der Waals surface area contributed by atoms with Crippen molar-refractivity contribution in [2.45, 2.75) is 102 Å². The molecule has 0 bridgehead atoms. The van der Waals surface area contributed by atoms with Crippen LogP contribution in [0.25, 0.3) is 0 Å². The maximum atomic E-state index is 12.7. The van der Waals surface area contributed by atoms with Crippen LogP contribution >= 0.6 is 0 Å². The molecule has 0 radical (unpaired) electrons. The molecule has 1 aliphatic rings. The first-order valence-electron chi connectivity index (χ1n) is 15.2. The van der Waals surface area contributed by atoms with Crippen molar-refractivity contribution < 1.29 is 41.9 Å². The Labute approximate surface area is 261 Å². The SMILES string of the molecule is CCCCCCCCCC(=O)NC(Cc1ccccc1)OS(=O)(=O)CC(=O)OCC[C@H]1O[C@@H](n2ccc(=O)[nH]c2=O)[C@H](O)[C@@H]1O. The summed E-state index contributed by atoms with van der Waals surface area (Å²) >= 11 is 0. The largest absolute Gasteiger partial charge is 0.465 e. The molecule has 14 nitrogen and oxygen atoms in total. The fourth-order valence-corrected chi connectivity index (χ4v) is 5.85. The minimum atomic E-state index is -4.48. The topological polar surface area (TPSA) is 203 Å². The van der Waals surface area contributed by atoms with E-state index in [0.29, 0.717) is 6.42 Å². The Morgan fingerprint density at radius 3 is 2.40 bits per heavy atom. The van der Waals surface area contributed by atoms with E-state index in [4.69, 9.17) is 13.7 Å². The highest BCUT2D eigenvalue weighted by atomic mass is 32.2. The fraction of sp³-hybridized carbons (Fsp3) is 0.600. The minimum absolute atomic E-state index is 0.0522.